The largest absolute Gasteiger partial charge is 0.508 e. The lowest BCUT2D eigenvalue weighted by molar-refractivity contribution is 0.231. The van der Waals surface area contributed by atoms with Gasteiger partial charge in [-0.25, -0.2) is 0 Å². The summed E-state index contributed by atoms with van der Waals surface area (Å²) in [4.78, 5) is 6.06. The Balaban J connectivity index is 1.54. The zero-order chi connectivity index (χ0) is 20.7. The predicted octanol–water partition coefficient (Wildman–Crippen LogP) is 4.87. The van der Waals surface area contributed by atoms with E-state index in [1.54, 1.807) is 24.3 Å². The van der Waals surface area contributed by atoms with Gasteiger partial charge in [0, 0.05) is 22.6 Å². The van der Waals surface area contributed by atoms with Gasteiger partial charge in [-0.05, 0) is 67.7 Å². The van der Waals surface area contributed by atoms with E-state index in [1.165, 1.54) is 4.91 Å². The van der Waals surface area contributed by atoms with Crippen molar-refractivity contribution in [3.8, 4) is 11.5 Å². The van der Waals surface area contributed by atoms with Gasteiger partial charge >= 0.3 is 0 Å². The highest BCUT2D eigenvalue weighted by Crippen LogP contribution is 2.42. The number of thioether (sulfide) groups is 1. The number of aromatic hydroxyl groups is 2. The average Bonchev–Trinajstić information content (AvgIpc) is 2.77. The fraction of sp³-hybridized carbons (Fsp3) is 0.200. The molecule has 30 heavy (non-hydrogen) atoms. The van der Waals surface area contributed by atoms with E-state index >= 15 is 0 Å². The maximum absolute atomic E-state index is 9.77. The lowest BCUT2D eigenvalue weighted by Gasteiger charge is -2.46. The maximum Gasteiger partial charge on any atom is 0.166 e. The minimum atomic E-state index is -0.310. The highest BCUT2D eigenvalue weighted by Gasteiger charge is 2.42. The first-order valence-corrected chi connectivity index (χ1v) is 12.2. The molecule has 1 heterocycles. The number of hydrogen-bond acceptors (Lipinski definition) is 4. The summed E-state index contributed by atoms with van der Waals surface area (Å²) in [5, 5.41) is 20.5. The van der Waals surface area contributed by atoms with Crippen molar-refractivity contribution in [3.63, 3.8) is 0 Å². The third-order valence-corrected chi connectivity index (χ3v) is 9.55. The smallest absolute Gasteiger partial charge is 0.166 e. The number of phenolic OH excluding ortho intramolecular Hbond substituents is 2. The lowest BCUT2D eigenvalue weighted by atomic mass is 10.00. The molecule has 1 aliphatic heterocycles. The minimum Gasteiger partial charge on any atom is -0.508 e. The van der Waals surface area contributed by atoms with Crippen molar-refractivity contribution in [1.82, 2.24) is 4.90 Å². The third-order valence-electron chi connectivity index (χ3n) is 5.81. The Labute approximate surface area is 184 Å². The Hall–Kier alpha value is -2.34. The highest BCUT2D eigenvalue weighted by molar-refractivity contribution is 8.01. The molecule has 3 nitrogen and oxygen atoms in total. The van der Waals surface area contributed by atoms with E-state index in [9.17, 15) is 10.2 Å². The monoisotopic (exact) mass is 434 g/mol. The first-order valence-electron chi connectivity index (χ1n) is 10.0. The van der Waals surface area contributed by atoms with Gasteiger partial charge in [-0.2, -0.15) is 0 Å². The van der Waals surface area contributed by atoms with Gasteiger partial charge in [0.1, 0.15) is 11.5 Å². The molecule has 1 saturated heterocycles. The molecule has 0 amide bonds. The minimum absolute atomic E-state index is 0.271. The molecule has 0 radical (unpaired) electrons. The normalized spacial score (nSPS) is 27.6. The van der Waals surface area contributed by atoms with Crippen LogP contribution in [0.15, 0.2) is 106 Å². The highest BCUT2D eigenvalue weighted by atomic mass is 32.2. The first kappa shape index (κ1) is 19.6. The zero-order valence-electron chi connectivity index (χ0n) is 16.6. The topological polar surface area (TPSA) is 43.7 Å². The summed E-state index contributed by atoms with van der Waals surface area (Å²) in [7, 11) is 1.92. The number of fused-ring (bicyclic) bond motifs is 2. The second-order valence-electron chi connectivity index (χ2n) is 7.70. The number of nitrogens with zero attached hydrogens (tertiary/aromatic N) is 1. The molecular formula is C25H24NO2S2+. The van der Waals surface area contributed by atoms with Gasteiger partial charge in [-0.15, -0.1) is 11.8 Å². The molecule has 0 spiro atoms. The molecule has 1 fully saturated rings. The van der Waals surface area contributed by atoms with Gasteiger partial charge < -0.3 is 10.2 Å². The number of likely N-dealkylation sites (N-methyl/N-ethyl adjacent to an activating group) is 1. The van der Waals surface area contributed by atoms with Gasteiger partial charge in [-0.3, -0.25) is 4.90 Å². The van der Waals surface area contributed by atoms with Crippen LogP contribution >= 0.6 is 11.8 Å². The van der Waals surface area contributed by atoms with Crippen LogP contribution < -0.4 is 0 Å². The van der Waals surface area contributed by atoms with Crippen molar-refractivity contribution in [1.29, 1.82) is 0 Å². The molecule has 5 rings (SSSR count). The van der Waals surface area contributed by atoms with E-state index in [2.05, 4.69) is 54.5 Å². The van der Waals surface area contributed by atoms with Gasteiger partial charge in [0.15, 0.2) is 14.7 Å². The summed E-state index contributed by atoms with van der Waals surface area (Å²) < 4.78 is 0. The molecule has 0 bridgehead atoms. The van der Waals surface area contributed by atoms with Crippen LogP contribution in [-0.2, 0) is 10.9 Å². The molecule has 2 aromatic carbocycles. The molecule has 3 aliphatic rings. The Bertz CT molecular complexity index is 994. The molecule has 2 aliphatic carbocycles. The van der Waals surface area contributed by atoms with Crippen molar-refractivity contribution < 1.29 is 10.2 Å². The second kappa shape index (κ2) is 8.06. The van der Waals surface area contributed by atoms with Crippen LogP contribution in [-0.4, -0.2) is 44.7 Å². The van der Waals surface area contributed by atoms with Crippen molar-refractivity contribution in [2.45, 2.75) is 32.4 Å². The molecule has 152 valence electrons. The van der Waals surface area contributed by atoms with E-state index in [0.29, 0.717) is 22.6 Å². The molecule has 5 heteroatoms. The molecule has 0 saturated carbocycles. The number of rotatable bonds is 3. The van der Waals surface area contributed by atoms with E-state index < -0.39 is 0 Å². The second-order valence-corrected chi connectivity index (χ2v) is 11.1. The Kier molecular flexibility index (Phi) is 5.27. The van der Waals surface area contributed by atoms with Gasteiger partial charge in [0.05, 0.1) is 10.9 Å². The molecule has 0 aromatic heterocycles. The van der Waals surface area contributed by atoms with Crippen molar-refractivity contribution >= 4 is 22.7 Å². The number of hydrogen-bond donors (Lipinski definition) is 2. The van der Waals surface area contributed by atoms with Crippen LogP contribution in [0.4, 0.5) is 0 Å². The SMILES string of the molecule is CN1C2C=CC=CC2SC2C=CC([S+](c3ccc(O)cc3)c3ccc(O)cc3)=CC21. The van der Waals surface area contributed by atoms with Gasteiger partial charge in [0.25, 0.3) is 0 Å². The summed E-state index contributed by atoms with van der Waals surface area (Å²) in [6.07, 6.45) is 16.0. The Morgan fingerprint density at radius 3 is 1.97 bits per heavy atom. The zero-order valence-corrected chi connectivity index (χ0v) is 18.3. The summed E-state index contributed by atoms with van der Waals surface area (Å²) >= 11 is 2.04. The van der Waals surface area contributed by atoms with Crippen LogP contribution in [0.2, 0.25) is 0 Å². The van der Waals surface area contributed by atoms with Crippen molar-refractivity contribution in [2.24, 2.45) is 0 Å². The van der Waals surface area contributed by atoms with E-state index in [0.717, 1.165) is 9.79 Å². The first-order chi connectivity index (χ1) is 14.6. The molecule has 2 aromatic rings. The number of phenols is 2. The van der Waals surface area contributed by atoms with Gasteiger partial charge in [-0.1, -0.05) is 30.4 Å². The van der Waals surface area contributed by atoms with Crippen molar-refractivity contribution in [2.75, 3.05) is 7.05 Å². The molecule has 2 N–H and O–H groups in total. The van der Waals surface area contributed by atoms with Crippen LogP contribution in [0.5, 0.6) is 11.5 Å². The summed E-state index contributed by atoms with van der Waals surface area (Å²) in [5.74, 6) is 0.542. The van der Waals surface area contributed by atoms with E-state index in [1.807, 2.05) is 36.0 Å². The lowest BCUT2D eigenvalue weighted by Crippen LogP contribution is -2.53. The molecule has 4 atom stereocenters. The fourth-order valence-corrected chi connectivity index (χ4v) is 7.97. The predicted molar refractivity (Wildman–Crippen MR) is 126 cm³/mol. The summed E-state index contributed by atoms with van der Waals surface area (Å²) in [6.45, 7) is 0. The number of benzene rings is 2. The standard InChI is InChI=1S/C25H23NO2S2/c1-26-22-4-2-3-5-24(22)29-25-15-14-21(16-23(25)26)30(19-10-6-17(27)7-11-19)20-12-8-18(28)9-13-20/h2-16,22-25H,1H3,(H-,27,28)/p+1. The van der Waals surface area contributed by atoms with Crippen LogP contribution in [0.3, 0.4) is 0 Å². The fourth-order valence-electron chi connectivity index (χ4n) is 4.25. The summed E-state index contributed by atoms with van der Waals surface area (Å²) in [6, 6.07) is 15.7. The third kappa shape index (κ3) is 3.62. The maximum atomic E-state index is 9.77. The number of allylic oxidation sites excluding steroid dienone is 3. The van der Waals surface area contributed by atoms with E-state index in [4.69, 9.17) is 0 Å². The molecule has 4 unspecified atom stereocenters. The Morgan fingerprint density at radius 1 is 0.767 bits per heavy atom. The molecular weight excluding hydrogens is 410 g/mol. The van der Waals surface area contributed by atoms with Gasteiger partial charge in [0.2, 0.25) is 0 Å². The van der Waals surface area contributed by atoms with Crippen LogP contribution in [0, 0.1) is 0 Å². The van der Waals surface area contributed by atoms with Crippen molar-refractivity contribution in [3.05, 3.63) is 96.0 Å². The van der Waals surface area contributed by atoms with E-state index in [-0.39, 0.29) is 22.4 Å². The quantitative estimate of drug-likeness (QED) is 0.677. The Morgan fingerprint density at radius 2 is 1.33 bits per heavy atom. The van der Waals surface area contributed by atoms with Crippen LogP contribution in [0.1, 0.15) is 0 Å². The van der Waals surface area contributed by atoms with Crippen LogP contribution in [0.25, 0.3) is 0 Å². The summed E-state index contributed by atoms with van der Waals surface area (Å²) in [5.41, 5.74) is 0. The average molecular weight is 435 g/mol.